The average molecular weight is 286 g/mol. The fraction of sp³-hybridized carbons (Fsp3) is 0.471. The summed E-state index contributed by atoms with van der Waals surface area (Å²) in [7, 11) is 1.80. The summed E-state index contributed by atoms with van der Waals surface area (Å²) < 4.78 is 0. The predicted octanol–water partition coefficient (Wildman–Crippen LogP) is 2.38. The maximum atomic E-state index is 4.23. The van der Waals surface area contributed by atoms with Crippen molar-refractivity contribution < 1.29 is 0 Å². The van der Waals surface area contributed by atoms with Gasteiger partial charge in [-0.1, -0.05) is 38.1 Å². The van der Waals surface area contributed by atoms with Gasteiger partial charge in [0.1, 0.15) is 0 Å². The quantitative estimate of drug-likeness (QED) is 0.496. The topological polar surface area (TPSA) is 39.7 Å². The normalized spacial score (nSPS) is 14.9. The van der Waals surface area contributed by atoms with E-state index in [0.29, 0.717) is 5.92 Å². The second-order valence-electron chi connectivity index (χ2n) is 5.74. The van der Waals surface area contributed by atoms with E-state index in [9.17, 15) is 0 Å². The molecule has 2 rings (SSSR count). The number of rotatable bonds is 5. The monoisotopic (exact) mass is 286 g/mol. The van der Waals surface area contributed by atoms with Crippen molar-refractivity contribution in [1.82, 2.24) is 10.6 Å². The number of benzene rings is 1. The Bertz CT molecular complexity index is 480. The van der Waals surface area contributed by atoms with Gasteiger partial charge in [-0.3, -0.25) is 4.99 Å². The minimum absolute atomic E-state index is 0.608. The Balaban J connectivity index is 1.82. The zero-order valence-electron chi connectivity index (χ0n) is 13.3. The summed E-state index contributed by atoms with van der Waals surface area (Å²) in [4.78, 5) is 6.58. The van der Waals surface area contributed by atoms with Crippen LogP contribution >= 0.6 is 0 Å². The largest absolute Gasteiger partial charge is 0.364 e. The van der Waals surface area contributed by atoms with Gasteiger partial charge in [0.05, 0.1) is 0 Å². The summed E-state index contributed by atoms with van der Waals surface area (Å²) in [6, 6.07) is 8.73. The molecule has 1 aliphatic heterocycles. The van der Waals surface area contributed by atoms with E-state index in [1.807, 2.05) is 0 Å². The molecular formula is C17H26N4. The maximum absolute atomic E-state index is 4.23. The first-order valence-corrected chi connectivity index (χ1v) is 7.62. The maximum Gasteiger partial charge on any atom is 0.191 e. The molecule has 1 aromatic carbocycles. The lowest BCUT2D eigenvalue weighted by Gasteiger charge is -2.18. The van der Waals surface area contributed by atoms with E-state index in [1.165, 1.54) is 11.3 Å². The number of anilines is 1. The third-order valence-electron chi connectivity index (χ3n) is 3.48. The molecular weight excluding hydrogens is 260 g/mol. The molecule has 1 heterocycles. The summed E-state index contributed by atoms with van der Waals surface area (Å²) in [6.07, 6.45) is 4.42. The van der Waals surface area contributed by atoms with Gasteiger partial charge in [-0.15, -0.1) is 0 Å². The molecule has 0 spiro atoms. The standard InChI is InChI=1S/C17H26N4/c1-14(2)12-19-17(18-3)20-13-15-6-8-16(9-7-15)21-10-4-5-11-21/h4-9,14H,10-13H2,1-3H3,(H2,18,19,20). The molecule has 2 N–H and O–H groups in total. The molecule has 0 fully saturated rings. The summed E-state index contributed by atoms with van der Waals surface area (Å²) in [5.74, 6) is 1.47. The number of hydrogen-bond donors (Lipinski definition) is 2. The van der Waals surface area contributed by atoms with Crippen molar-refractivity contribution >= 4 is 11.6 Å². The molecule has 0 saturated carbocycles. The molecule has 0 unspecified atom stereocenters. The molecule has 0 radical (unpaired) electrons. The predicted molar refractivity (Wildman–Crippen MR) is 90.8 cm³/mol. The summed E-state index contributed by atoms with van der Waals surface area (Å²) in [5.41, 5.74) is 2.55. The third kappa shape index (κ3) is 4.81. The van der Waals surface area contributed by atoms with Crippen molar-refractivity contribution in [2.24, 2.45) is 10.9 Å². The minimum Gasteiger partial charge on any atom is -0.364 e. The Kier molecular flexibility index (Phi) is 5.67. The molecule has 0 bridgehead atoms. The lowest BCUT2D eigenvalue weighted by molar-refractivity contribution is 0.614. The highest BCUT2D eigenvalue weighted by Crippen LogP contribution is 2.17. The van der Waals surface area contributed by atoms with Crippen molar-refractivity contribution in [3.05, 3.63) is 42.0 Å². The minimum atomic E-state index is 0.608. The van der Waals surface area contributed by atoms with Crippen LogP contribution in [0.2, 0.25) is 0 Å². The van der Waals surface area contributed by atoms with E-state index in [2.05, 4.69) is 70.8 Å². The summed E-state index contributed by atoms with van der Waals surface area (Å²) in [5, 5.41) is 6.66. The van der Waals surface area contributed by atoms with Gasteiger partial charge >= 0.3 is 0 Å². The summed E-state index contributed by atoms with van der Waals surface area (Å²) in [6.45, 7) is 8.13. The number of guanidine groups is 1. The molecule has 0 saturated heterocycles. The Morgan fingerprint density at radius 3 is 2.38 bits per heavy atom. The van der Waals surface area contributed by atoms with Crippen LogP contribution in [0.4, 0.5) is 5.69 Å². The number of aliphatic imine (C=N–C) groups is 1. The zero-order chi connectivity index (χ0) is 15.1. The first-order chi connectivity index (χ1) is 10.2. The Morgan fingerprint density at radius 1 is 1.14 bits per heavy atom. The van der Waals surface area contributed by atoms with E-state index < -0.39 is 0 Å². The van der Waals surface area contributed by atoms with Crippen molar-refractivity contribution in [3.63, 3.8) is 0 Å². The van der Waals surface area contributed by atoms with Gasteiger partial charge < -0.3 is 15.5 Å². The van der Waals surface area contributed by atoms with Gasteiger partial charge in [0, 0.05) is 38.9 Å². The highest BCUT2D eigenvalue weighted by atomic mass is 15.2. The lowest BCUT2D eigenvalue weighted by Crippen LogP contribution is -2.38. The van der Waals surface area contributed by atoms with E-state index in [-0.39, 0.29) is 0 Å². The first-order valence-electron chi connectivity index (χ1n) is 7.62. The van der Waals surface area contributed by atoms with Gasteiger partial charge in [-0.25, -0.2) is 0 Å². The van der Waals surface area contributed by atoms with Gasteiger partial charge in [-0.05, 0) is 23.6 Å². The fourth-order valence-corrected chi connectivity index (χ4v) is 2.22. The molecule has 0 amide bonds. The molecule has 1 aromatic rings. The molecule has 4 heteroatoms. The van der Waals surface area contributed by atoms with Crippen molar-refractivity contribution in [1.29, 1.82) is 0 Å². The van der Waals surface area contributed by atoms with Crippen LogP contribution in [-0.4, -0.2) is 32.6 Å². The van der Waals surface area contributed by atoms with E-state index >= 15 is 0 Å². The lowest BCUT2D eigenvalue weighted by atomic mass is 10.2. The van der Waals surface area contributed by atoms with Gasteiger partial charge in [0.25, 0.3) is 0 Å². The Hall–Kier alpha value is -1.97. The highest BCUT2D eigenvalue weighted by molar-refractivity contribution is 5.79. The molecule has 0 aromatic heterocycles. The zero-order valence-corrected chi connectivity index (χ0v) is 13.3. The molecule has 4 nitrogen and oxygen atoms in total. The van der Waals surface area contributed by atoms with Gasteiger partial charge in [0.15, 0.2) is 5.96 Å². The van der Waals surface area contributed by atoms with Crippen LogP contribution in [0.5, 0.6) is 0 Å². The van der Waals surface area contributed by atoms with Crippen LogP contribution in [0.1, 0.15) is 19.4 Å². The number of nitrogens with one attached hydrogen (secondary N) is 2. The van der Waals surface area contributed by atoms with E-state index in [1.54, 1.807) is 7.05 Å². The number of nitrogens with zero attached hydrogens (tertiary/aromatic N) is 2. The first kappa shape index (κ1) is 15.4. The van der Waals surface area contributed by atoms with Crippen LogP contribution in [0.25, 0.3) is 0 Å². The fourth-order valence-electron chi connectivity index (χ4n) is 2.22. The van der Waals surface area contributed by atoms with Gasteiger partial charge in [-0.2, -0.15) is 0 Å². The van der Waals surface area contributed by atoms with Crippen LogP contribution in [0.15, 0.2) is 41.4 Å². The second-order valence-corrected chi connectivity index (χ2v) is 5.74. The molecule has 0 aliphatic carbocycles. The smallest absolute Gasteiger partial charge is 0.191 e. The van der Waals surface area contributed by atoms with Crippen LogP contribution < -0.4 is 15.5 Å². The van der Waals surface area contributed by atoms with Crippen LogP contribution in [-0.2, 0) is 6.54 Å². The SMILES string of the molecule is CN=C(NCc1ccc(N2CC=CC2)cc1)NCC(C)C. The molecule has 1 aliphatic rings. The van der Waals surface area contributed by atoms with Crippen molar-refractivity contribution in [2.45, 2.75) is 20.4 Å². The van der Waals surface area contributed by atoms with E-state index in [0.717, 1.165) is 32.1 Å². The third-order valence-corrected chi connectivity index (χ3v) is 3.48. The van der Waals surface area contributed by atoms with Crippen molar-refractivity contribution in [2.75, 3.05) is 31.6 Å². The molecule has 21 heavy (non-hydrogen) atoms. The Morgan fingerprint density at radius 2 is 1.81 bits per heavy atom. The number of hydrogen-bond acceptors (Lipinski definition) is 2. The van der Waals surface area contributed by atoms with Crippen LogP contribution in [0.3, 0.4) is 0 Å². The molecule has 114 valence electrons. The van der Waals surface area contributed by atoms with Crippen LogP contribution in [0, 0.1) is 5.92 Å². The summed E-state index contributed by atoms with van der Waals surface area (Å²) >= 11 is 0. The van der Waals surface area contributed by atoms with Gasteiger partial charge in [0.2, 0.25) is 0 Å². The average Bonchev–Trinajstić information content (AvgIpc) is 3.02. The molecule has 0 atom stereocenters. The highest BCUT2D eigenvalue weighted by Gasteiger charge is 2.07. The second kappa shape index (κ2) is 7.72. The Labute approximate surface area is 128 Å². The van der Waals surface area contributed by atoms with Crippen molar-refractivity contribution in [3.8, 4) is 0 Å². The van der Waals surface area contributed by atoms with E-state index in [4.69, 9.17) is 0 Å².